The Hall–Kier alpha value is -1.39. The zero-order chi connectivity index (χ0) is 15.6. The molecule has 1 aliphatic carbocycles. The van der Waals surface area contributed by atoms with Crippen molar-refractivity contribution in [3.63, 3.8) is 0 Å². The van der Waals surface area contributed by atoms with E-state index in [-0.39, 0.29) is 23.5 Å². The van der Waals surface area contributed by atoms with E-state index in [0.29, 0.717) is 12.1 Å². The van der Waals surface area contributed by atoms with E-state index >= 15 is 0 Å². The number of carbonyl (C=O) groups is 1. The minimum atomic E-state index is -0.00236. The first-order chi connectivity index (χ1) is 9.91. The van der Waals surface area contributed by atoms with E-state index in [1.54, 1.807) is 0 Å². The highest BCUT2D eigenvalue weighted by molar-refractivity contribution is 5.94. The van der Waals surface area contributed by atoms with E-state index < -0.39 is 0 Å². The molecule has 1 fully saturated rings. The zero-order valence-electron chi connectivity index (χ0n) is 13.4. The SMILES string of the molecule is CCO[C@@H]1C[C@H](N(C)C(=O)c2ccc(CN)cc2)C1(C)C. The minimum absolute atomic E-state index is 0.00236. The first kappa shape index (κ1) is 16.0. The summed E-state index contributed by atoms with van der Waals surface area (Å²) < 4.78 is 5.74. The smallest absolute Gasteiger partial charge is 0.253 e. The maximum Gasteiger partial charge on any atom is 0.253 e. The number of nitrogens with zero attached hydrogens (tertiary/aromatic N) is 1. The average Bonchev–Trinajstić information content (AvgIpc) is 2.49. The molecule has 2 N–H and O–H groups in total. The quantitative estimate of drug-likeness (QED) is 0.906. The lowest BCUT2D eigenvalue weighted by molar-refractivity contribution is -0.136. The van der Waals surface area contributed by atoms with Crippen molar-refractivity contribution in [1.82, 2.24) is 4.90 Å². The molecule has 0 bridgehead atoms. The van der Waals surface area contributed by atoms with Gasteiger partial charge in [0.25, 0.3) is 5.91 Å². The first-order valence-corrected chi connectivity index (χ1v) is 7.59. The third-order valence-corrected chi connectivity index (χ3v) is 4.72. The van der Waals surface area contributed by atoms with Gasteiger partial charge in [-0.25, -0.2) is 0 Å². The van der Waals surface area contributed by atoms with Crippen LogP contribution < -0.4 is 5.73 Å². The van der Waals surface area contributed by atoms with Gasteiger partial charge in [-0.15, -0.1) is 0 Å². The molecule has 1 aliphatic rings. The summed E-state index contributed by atoms with van der Waals surface area (Å²) in [6.45, 7) is 7.57. The Kier molecular flexibility index (Phi) is 4.69. The van der Waals surface area contributed by atoms with Crippen molar-refractivity contribution in [2.24, 2.45) is 11.1 Å². The second kappa shape index (κ2) is 6.16. The molecule has 0 unspecified atom stereocenters. The van der Waals surface area contributed by atoms with Crippen LogP contribution in [-0.2, 0) is 11.3 Å². The molecular formula is C17H26N2O2. The fourth-order valence-electron chi connectivity index (χ4n) is 3.13. The highest BCUT2D eigenvalue weighted by Crippen LogP contribution is 2.45. The highest BCUT2D eigenvalue weighted by Gasteiger charge is 2.51. The molecule has 21 heavy (non-hydrogen) atoms. The van der Waals surface area contributed by atoms with Gasteiger partial charge >= 0.3 is 0 Å². The molecule has 116 valence electrons. The predicted molar refractivity (Wildman–Crippen MR) is 84.0 cm³/mol. The van der Waals surface area contributed by atoms with Gasteiger partial charge in [0.15, 0.2) is 0 Å². The highest BCUT2D eigenvalue weighted by atomic mass is 16.5. The Morgan fingerprint density at radius 3 is 2.48 bits per heavy atom. The van der Waals surface area contributed by atoms with Gasteiger partial charge in [-0.05, 0) is 31.0 Å². The Labute approximate surface area is 127 Å². The van der Waals surface area contributed by atoms with Crippen LogP contribution in [0.15, 0.2) is 24.3 Å². The number of benzene rings is 1. The fraction of sp³-hybridized carbons (Fsp3) is 0.588. The molecule has 0 heterocycles. The molecule has 4 nitrogen and oxygen atoms in total. The summed E-state index contributed by atoms with van der Waals surface area (Å²) in [4.78, 5) is 14.4. The number of carbonyl (C=O) groups excluding carboxylic acids is 1. The molecule has 0 aliphatic heterocycles. The van der Waals surface area contributed by atoms with Gasteiger partial charge in [-0.2, -0.15) is 0 Å². The standard InChI is InChI=1S/C17H26N2O2/c1-5-21-15-10-14(17(15,2)3)19(4)16(20)13-8-6-12(11-18)7-9-13/h6-9,14-15H,5,10-11,18H2,1-4H3/t14-,15+/m0/s1. The van der Waals surface area contributed by atoms with Crippen molar-refractivity contribution in [2.45, 2.75) is 45.9 Å². The summed E-state index contributed by atoms with van der Waals surface area (Å²) in [6.07, 6.45) is 1.15. The number of hydrogen-bond acceptors (Lipinski definition) is 3. The lowest BCUT2D eigenvalue weighted by Crippen LogP contribution is -2.62. The number of hydrogen-bond donors (Lipinski definition) is 1. The van der Waals surface area contributed by atoms with Crippen molar-refractivity contribution in [3.8, 4) is 0 Å². The predicted octanol–water partition coefficient (Wildman–Crippen LogP) is 2.42. The van der Waals surface area contributed by atoms with Crippen LogP contribution in [0.2, 0.25) is 0 Å². The molecule has 1 saturated carbocycles. The van der Waals surface area contributed by atoms with E-state index in [1.165, 1.54) is 0 Å². The van der Waals surface area contributed by atoms with Gasteiger partial charge in [-0.1, -0.05) is 26.0 Å². The van der Waals surface area contributed by atoms with Crippen molar-refractivity contribution >= 4 is 5.91 Å². The minimum Gasteiger partial charge on any atom is -0.378 e. The molecule has 1 aromatic carbocycles. The van der Waals surface area contributed by atoms with Gasteiger partial charge < -0.3 is 15.4 Å². The molecule has 0 saturated heterocycles. The van der Waals surface area contributed by atoms with E-state index in [4.69, 9.17) is 10.5 Å². The van der Waals surface area contributed by atoms with E-state index in [0.717, 1.165) is 18.6 Å². The van der Waals surface area contributed by atoms with Crippen LogP contribution >= 0.6 is 0 Å². The van der Waals surface area contributed by atoms with Crippen molar-refractivity contribution in [3.05, 3.63) is 35.4 Å². The molecule has 0 radical (unpaired) electrons. The van der Waals surface area contributed by atoms with Gasteiger partial charge in [-0.3, -0.25) is 4.79 Å². The van der Waals surface area contributed by atoms with Crippen LogP contribution in [-0.4, -0.2) is 36.6 Å². The number of rotatable bonds is 5. The number of amides is 1. The first-order valence-electron chi connectivity index (χ1n) is 7.59. The summed E-state index contributed by atoms with van der Waals surface area (Å²) in [5.74, 6) is 0.0617. The third-order valence-electron chi connectivity index (χ3n) is 4.72. The van der Waals surface area contributed by atoms with Gasteiger partial charge in [0.2, 0.25) is 0 Å². The monoisotopic (exact) mass is 290 g/mol. The van der Waals surface area contributed by atoms with Gasteiger partial charge in [0, 0.05) is 37.2 Å². The van der Waals surface area contributed by atoms with E-state index in [2.05, 4.69) is 13.8 Å². The van der Waals surface area contributed by atoms with Crippen LogP contribution in [0.5, 0.6) is 0 Å². The van der Waals surface area contributed by atoms with E-state index in [1.807, 2.05) is 43.1 Å². The summed E-state index contributed by atoms with van der Waals surface area (Å²) >= 11 is 0. The maximum atomic E-state index is 12.6. The average molecular weight is 290 g/mol. The summed E-state index contributed by atoms with van der Waals surface area (Å²) in [6, 6.07) is 7.75. The van der Waals surface area contributed by atoms with Crippen molar-refractivity contribution < 1.29 is 9.53 Å². The molecule has 0 aromatic heterocycles. The lowest BCUT2D eigenvalue weighted by atomic mass is 9.63. The summed E-state index contributed by atoms with van der Waals surface area (Å²) in [5, 5.41) is 0. The zero-order valence-corrected chi connectivity index (χ0v) is 13.4. The second-order valence-corrected chi connectivity index (χ2v) is 6.33. The van der Waals surface area contributed by atoms with Crippen LogP contribution in [0.3, 0.4) is 0 Å². The molecule has 4 heteroatoms. The summed E-state index contributed by atoms with van der Waals surface area (Å²) in [7, 11) is 1.88. The molecule has 1 aromatic rings. The normalized spacial score (nSPS) is 23.5. The molecule has 1 amide bonds. The van der Waals surface area contributed by atoms with Crippen LogP contribution in [0.1, 0.15) is 43.1 Å². The topological polar surface area (TPSA) is 55.6 Å². The lowest BCUT2D eigenvalue weighted by Gasteiger charge is -2.54. The van der Waals surface area contributed by atoms with Crippen LogP contribution in [0, 0.1) is 5.41 Å². The Morgan fingerprint density at radius 2 is 2.00 bits per heavy atom. The van der Waals surface area contributed by atoms with Crippen molar-refractivity contribution in [1.29, 1.82) is 0 Å². The third kappa shape index (κ3) is 2.97. The number of ether oxygens (including phenoxy) is 1. The van der Waals surface area contributed by atoms with E-state index in [9.17, 15) is 4.79 Å². The molecule has 0 spiro atoms. The maximum absolute atomic E-state index is 12.6. The Balaban J connectivity index is 2.06. The summed E-state index contributed by atoms with van der Waals surface area (Å²) in [5.41, 5.74) is 7.33. The Morgan fingerprint density at radius 1 is 1.38 bits per heavy atom. The molecular weight excluding hydrogens is 264 g/mol. The van der Waals surface area contributed by atoms with Crippen molar-refractivity contribution in [2.75, 3.05) is 13.7 Å². The van der Waals surface area contributed by atoms with Gasteiger partial charge in [0.1, 0.15) is 0 Å². The van der Waals surface area contributed by atoms with Crippen LogP contribution in [0.25, 0.3) is 0 Å². The fourth-order valence-corrected chi connectivity index (χ4v) is 3.13. The number of nitrogens with two attached hydrogens (primary N) is 1. The van der Waals surface area contributed by atoms with Gasteiger partial charge in [0.05, 0.1) is 6.10 Å². The largest absolute Gasteiger partial charge is 0.378 e. The Bertz CT molecular complexity index is 496. The molecule has 2 atom stereocenters. The van der Waals surface area contributed by atoms with Crippen LogP contribution in [0.4, 0.5) is 0 Å². The molecule has 2 rings (SSSR count). The second-order valence-electron chi connectivity index (χ2n) is 6.33.